The normalized spacial score (nSPS) is 25.5. The number of hydrogen-bond acceptors (Lipinski definition) is 2. The molecule has 2 unspecified atom stereocenters. The summed E-state index contributed by atoms with van der Waals surface area (Å²) in [5.74, 6) is -0.669. The summed E-state index contributed by atoms with van der Waals surface area (Å²) in [6.45, 7) is 0.843. The van der Waals surface area contributed by atoms with Gasteiger partial charge in [0.15, 0.2) is 5.78 Å². The van der Waals surface area contributed by atoms with E-state index in [9.17, 15) is 18.0 Å². The highest BCUT2D eigenvalue weighted by molar-refractivity contribution is 5.99. The molecular weight excluding hydrogens is 351 g/mol. The third-order valence-electron chi connectivity index (χ3n) is 5.96. The van der Waals surface area contributed by atoms with E-state index in [0.717, 1.165) is 25.5 Å². The molecule has 4 rings (SSSR count). The minimum Gasteiger partial charge on any atom is -0.294 e. The first-order valence-electron chi connectivity index (χ1n) is 9.43. The van der Waals surface area contributed by atoms with Gasteiger partial charge in [0.25, 0.3) is 0 Å². The molecule has 0 aliphatic carbocycles. The van der Waals surface area contributed by atoms with Crippen LogP contribution in [0.15, 0.2) is 54.6 Å². The van der Waals surface area contributed by atoms with Crippen molar-refractivity contribution < 1.29 is 18.0 Å². The van der Waals surface area contributed by atoms with Gasteiger partial charge in [0, 0.05) is 30.1 Å². The number of carbonyl (C=O) groups is 1. The lowest BCUT2D eigenvalue weighted by atomic mass is 9.83. The molecule has 5 heteroatoms. The smallest absolute Gasteiger partial charge is 0.294 e. The molecular formula is C22H22F3NO. The van der Waals surface area contributed by atoms with Crippen LogP contribution in [0.25, 0.3) is 0 Å². The zero-order valence-electron chi connectivity index (χ0n) is 15.0. The molecule has 0 aromatic heterocycles. The van der Waals surface area contributed by atoms with Gasteiger partial charge in [-0.2, -0.15) is 13.2 Å². The Hall–Kier alpha value is -2.14. The van der Waals surface area contributed by atoms with E-state index in [0.29, 0.717) is 12.8 Å². The van der Waals surface area contributed by atoms with Crippen LogP contribution >= 0.6 is 0 Å². The monoisotopic (exact) mass is 373 g/mol. The molecule has 0 radical (unpaired) electrons. The van der Waals surface area contributed by atoms with E-state index in [2.05, 4.69) is 17.0 Å². The van der Waals surface area contributed by atoms with Crippen LogP contribution in [0.2, 0.25) is 0 Å². The summed E-state index contributed by atoms with van der Waals surface area (Å²) >= 11 is 0. The predicted octanol–water partition coefficient (Wildman–Crippen LogP) is 5.33. The number of carbonyl (C=O) groups excluding carboxylic acids is 1. The second-order valence-electron chi connectivity index (χ2n) is 7.62. The topological polar surface area (TPSA) is 20.3 Å². The predicted molar refractivity (Wildman–Crippen MR) is 97.3 cm³/mol. The van der Waals surface area contributed by atoms with E-state index in [4.69, 9.17) is 0 Å². The van der Waals surface area contributed by atoms with E-state index >= 15 is 0 Å². The highest BCUT2D eigenvalue weighted by atomic mass is 19.4. The van der Waals surface area contributed by atoms with Gasteiger partial charge < -0.3 is 0 Å². The fraction of sp³-hybridized carbons (Fsp3) is 0.409. The molecule has 142 valence electrons. The van der Waals surface area contributed by atoms with Crippen LogP contribution < -0.4 is 0 Å². The van der Waals surface area contributed by atoms with Gasteiger partial charge in [0.1, 0.15) is 0 Å². The standard InChI is InChI=1S/C22H22F3NO/c23-22(24,25)20-9-5-4-8-19(20)21(27)16-12-17-10-11-18(13-16)26(17)14-15-6-2-1-3-7-15/h1-9,16-18H,10-14H2. The molecule has 0 amide bonds. The van der Waals surface area contributed by atoms with Crippen molar-refractivity contribution in [2.24, 2.45) is 5.92 Å². The maximum atomic E-state index is 13.3. The first-order chi connectivity index (χ1) is 12.9. The molecule has 2 heterocycles. The molecule has 2 aliphatic rings. The summed E-state index contributed by atoms with van der Waals surface area (Å²) in [5, 5.41) is 0. The molecule has 0 N–H and O–H groups in total. The van der Waals surface area contributed by atoms with Crippen LogP contribution in [0.5, 0.6) is 0 Å². The van der Waals surface area contributed by atoms with Crippen LogP contribution in [-0.2, 0) is 12.7 Å². The van der Waals surface area contributed by atoms with Crippen LogP contribution in [0, 0.1) is 5.92 Å². The maximum absolute atomic E-state index is 13.3. The fourth-order valence-corrected chi connectivity index (χ4v) is 4.71. The van der Waals surface area contributed by atoms with Gasteiger partial charge >= 0.3 is 6.18 Å². The van der Waals surface area contributed by atoms with Gasteiger partial charge in [-0.1, -0.05) is 48.5 Å². The quantitative estimate of drug-likeness (QED) is 0.675. The molecule has 0 saturated carbocycles. The van der Waals surface area contributed by atoms with Crippen LogP contribution in [0.4, 0.5) is 13.2 Å². The van der Waals surface area contributed by atoms with E-state index in [1.54, 1.807) is 0 Å². The number of benzene rings is 2. The minimum absolute atomic E-state index is 0.175. The van der Waals surface area contributed by atoms with Crippen molar-refractivity contribution in [3.63, 3.8) is 0 Å². The lowest BCUT2D eigenvalue weighted by Gasteiger charge is -2.38. The van der Waals surface area contributed by atoms with Crippen LogP contribution in [0.3, 0.4) is 0 Å². The maximum Gasteiger partial charge on any atom is 0.417 e. The number of piperidine rings is 1. The number of hydrogen-bond donors (Lipinski definition) is 0. The zero-order chi connectivity index (χ0) is 19.0. The summed E-state index contributed by atoms with van der Waals surface area (Å²) in [4.78, 5) is 15.4. The summed E-state index contributed by atoms with van der Waals surface area (Å²) in [6, 6.07) is 15.9. The van der Waals surface area contributed by atoms with E-state index in [1.165, 1.54) is 23.8 Å². The van der Waals surface area contributed by atoms with Crippen molar-refractivity contribution in [1.29, 1.82) is 0 Å². The number of ketones is 1. The first kappa shape index (κ1) is 18.2. The van der Waals surface area contributed by atoms with Gasteiger partial charge in [-0.3, -0.25) is 9.69 Å². The second-order valence-corrected chi connectivity index (χ2v) is 7.62. The highest BCUT2D eigenvalue weighted by Gasteiger charge is 2.44. The van der Waals surface area contributed by atoms with Gasteiger partial charge in [-0.05, 0) is 37.3 Å². The third kappa shape index (κ3) is 3.65. The molecule has 2 aliphatic heterocycles. The molecule has 2 fully saturated rings. The average molecular weight is 373 g/mol. The van der Waals surface area contributed by atoms with E-state index in [1.807, 2.05) is 18.2 Å². The van der Waals surface area contributed by atoms with Gasteiger partial charge in [0.2, 0.25) is 0 Å². The van der Waals surface area contributed by atoms with Crippen molar-refractivity contribution in [2.75, 3.05) is 0 Å². The van der Waals surface area contributed by atoms with Crippen LogP contribution in [-0.4, -0.2) is 22.8 Å². The summed E-state index contributed by atoms with van der Waals surface area (Å²) in [6.07, 6.45) is -1.17. The molecule has 2 aromatic rings. The van der Waals surface area contributed by atoms with E-state index in [-0.39, 0.29) is 29.3 Å². The van der Waals surface area contributed by atoms with Gasteiger partial charge in [-0.15, -0.1) is 0 Å². The Morgan fingerprint density at radius 2 is 1.52 bits per heavy atom. The third-order valence-corrected chi connectivity index (χ3v) is 5.96. The Labute approximate surface area is 157 Å². The molecule has 2 bridgehead atoms. The van der Waals surface area contributed by atoms with Gasteiger partial charge in [-0.25, -0.2) is 0 Å². The number of rotatable bonds is 4. The lowest BCUT2D eigenvalue weighted by Crippen LogP contribution is -2.44. The largest absolute Gasteiger partial charge is 0.417 e. The first-order valence-corrected chi connectivity index (χ1v) is 9.43. The van der Waals surface area contributed by atoms with Crippen molar-refractivity contribution in [3.05, 3.63) is 71.3 Å². The number of halogens is 3. The second kappa shape index (κ2) is 7.12. The zero-order valence-corrected chi connectivity index (χ0v) is 15.0. The Morgan fingerprint density at radius 1 is 0.926 bits per heavy atom. The number of nitrogens with zero attached hydrogens (tertiary/aromatic N) is 1. The molecule has 27 heavy (non-hydrogen) atoms. The van der Waals surface area contributed by atoms with Crippen molar-refractivity contribution in [2.45, 2.75) is 50.5 Å². The van der Waals surface area contributed by atoms with Crippen molar-refractivity contribution in [3.8, 4) is 0 Å². The Balaban J connectivity index is 1.51. The Morgan fingerprint density at radius 3 is 2.15 bits per heavy atom. The highest BCUT2D eigenvalue weighted by Crippen LogP contribution is 2.42. The molecule has 2 atom stereocenters. The lowest BCUT2D eigenvalue weighted by molar-refractivity contribution is -0.138. The molecule has 2 saturated heterocycles. The molecule has 2 aromatic carbocycles. The number of Topliss-reactive ketones (excluding diaryl/α,β-unsaturated/α-hetero) is 1. The molecule has 0 spiro atoms. The SMILES string of the molecule is O=C(c1ccccc1C(F)(F)F)C1CC2CCC(C1)N2Cc1ccccc1. The van der Waals surface area contributed by atoms with Crippen molar-refractivity contribution >= 4 is 5.78 Å². The average Bonchev–Trinajstić information content (AvgIpc) is 2.89. The Kier molecular flexibility index (Phi) is 4.81. The number of fused-ring (bicyclic) bond motifs is 2. The van der Waals surface area contributed by atoms with Gasteiger partial charge in [0.05, 0.1) is 5.56 Å². The summed E-state index contributed by atoms with van der Waals surface area (Å²) in [7, 11) is 0. The van der Waals surface area contributed by atoms with Crippen molar-refractivity contribution in [1.82, 2.24) is 4.90 Å². The van der Waals surface area contributed by atoms with E-state index < -0.39 is 11.7 Å². The fourth-order valence-electron chi connectivity index (χ4n) is 4.71. The number of alkyl halides is 3. The van der Waals surface area contributed by atoms with Crippen LogP contribution in [0.1, 0.15) is 47.2 Å². The summed E-state index contributed by atoms with van der Waals surface area (Å²) in [5.41, 5.74) is 0.251. The summed E-state index contributed by atoms with van der Waals surface area (Å²) < 4.78 is 39.9. The molecule has 2 nitrogen and oxygen atoms in total. The Bertz CT molecular complexity index is 804. The minimum atomic E-state index is -4.50.